The maximum absolute atomic E-state index is 13.2. The summed E-state index contributed by atoms with van der Waals surface area (Å²) in [5, 5.41) is 0. The number of aryl methyl sites for hydroxylation is 2. The lowest BCUT2D eigenvalue weighted by Crippen LogP contribution is -2.51. The number of likely N-dealkylation sites (tertiary alicyclic amines) is 1. The van der Waals surface area contributed by atoms with Gasteiger partial charge < -0.3 is 14.5 Å². The second-order valence-corrected chi connectivity index (χ2v) is 7.62. The second kappa shape index (κ2) is 5.49. The van der Waals surface area contributed by atoms with E-state index in [0.29, 0.717) is 48.9 Å². The van der Waals surface area contributed by atoms with Crippen molar-refractivity contribution in [2.75, 3.05) is 13.2 Å². The van der Waals surface area contributed by atoms with Crippen LogP contribution in [0, 0.1) is 19.8 Å². The van der Waals surface area contributed by atoms with Crippen LogP contribution in [0.4, 0.5) is 0 Å². The van der Waals surface area contributed by atoms with E-state index in [0.717, 1.165) is 0 Å². The first-order chi connectivity index (χ1) is 11.9. The van der Waals surface area contributed by atoms with Gasteiger partial charge in [0.25, 0.3) is 5.91 Å². The zero-order valence-corrected chi connectivity index (χ0v) is 15.2. The van der Waals surface area contributed by atoms with E-state index < -0.39 is 5.72 Å². The summed E-state index contributed by atoms with van der Waals surface area (Å²) >= 11 is 0. The first kappa shape index (κ1) is 16.4. The van der Waals surface area contributed by atoms with Gasteiger partial charge in [-0.25, -0.2) is 9.97 Å². The van der Waals surface area contributed by atoms with Crippen LogP contribution in [-0.4, -0.2) is 62.5 Å². The predicted octanol–water partition coefficient (Wildman–Crippen LogP) is 1.29. The molecule has 0 saturated carbocycles. The average molecular weight is 344 g/mol. The number of nitrogens with zero attached hydrogens (tertiary/aromatic N) is 4. The maximum Gasteiger partial charge on any atom is 0.257 e. The summed E-state index contributed by atoms with van der Waals surface area (Å²) in [6.45, 7) is 9.00. The molecule has 2 amide bonds. The Morgan fingerprint density at radius 1 is 1.32 bits per heavy atom. The minimum Gasteiger partial charge on any atom is -0.351 e. The number of amides is 2. The van der Waals surface area contributed by atoms with E-state index in [9.17, 15) is 9.59 Å². The molecule has 0 N–H and O–H groups in total. The molecule has 25 heavy (non-hydrogen) atoms. The average Bonchev–Trinajstić information content (AvgIpc) is 3.16. The van der Waals surface area contributed by atoms with Crippen molar-refractivity contribution in [3.05, 3.63) is 23.3 Å². The molecule has 1 aromatic rings. The summed E-state index contributed by atoms with van der Waals surface area (Å²) in [6.07, 6.45) is 2.48. The van der Waals surface area contributed by atoms with Crippen molar-refractivity contribution < 1.29 is 14.3 Å². The molecule has 3 aliphatic rings. The van der Waals surface area contributed by atoms with Gasteiger partial charge in [-0.2, -0.15) is 0 Å². The third-order valence-electron chi connectivity index (χ3n) is 5.96. The van der Waals surface area contributed by atoms with Gasteiger partial charge in [-0.05, 0) is 19.8 Å². The summed E-state index contributed by atoms with van der Waals surface area (Å²) in [5.74, 6) is 0.332. The first-order valence-electron chi connectivity index (χ1n) is 8.92. The van der Waals surface area contributed by atoms with Crippen molar-refractivity contribution >= 4 is 11.8 Å². The highest BCUT2D eigenvalue weighted by Gasteiger charge is 2.65. The van der Waals surface area contributed by atoms with Crippen molar-refractivity contribution in [1.29, 1.82) is 0 Å². The summed E-state index contributed by atoms with van der Waals surface area (Å²) in [5.41, 5.74) is 1.25. The summed E-state index contributed by atoms with van der Waals surface area (Å²) in [6, 6.07) is -0.133. The van der Waals surface area contributed by atoms with Crippen molar-refractivity contribution in [3.63, 3.8) is 0 Å². The first-order valence-corrected chi connectivity index (χ1v) is 8.92. The van der Waals surface area contributed by atoms with Crippen LogP contribution in [0.1, 0.15) is 48.4 Å². The number of hydrogen-bond acceptors (Lipinski definition) is 5. The molecule has 0 unspecified atom stereocenters. The number of hydrogen-bond donors (Lipinski definition) is 0. The number of carbonyl (C=O) groups is 2. The monoisotopic (exact) mass is 344 g/mol. The van der Waals surface area contributed by atoms with Gasteiger partial charge in [-0.3, -0.25) is 9.59 Å². The van der Waals surface area contributed by atoms with Gasteiger partial charge in [-0.1, -0.05) is 13.8 Å². The molecular weight excluding hydrogens is 320 g/mol. The lowest BCUT2D eigenvalue weighted by molar-refractivity contribution is -0.139. The Morgan fingerprint density at radius 2 is 2.00 bits per heavy atom. The molecule has 0 aromatic carbocycles. The van der Waals surface area contributed by atoms with Crippen LogP contribution in [0.25, 0.3) is 0 Å². The Kier molecular flexibility index (Phi) is 3.61. The highest BCUT2D eigenvalue weighted by atomic mass is 16.5. The highest BCUT2D eigenvalue weighted by molar-refractivity contribution is 5.97. The minimum absolute atomic E-state index is 0.0936. The molecule has 3 fully saturated rings. The summed E-state index contributed by atoms with van der Waals surface area (Å²) in [7, 11) is 0. The van der Waals surface area contributed by atoms with Gasteiger partial charge in [0.2, 0.25) is 5.91 Å². The number of aromatic nitrogens is 2. The van der Waals surface area contributed by atoms with Crippen molar-refractivity contribution in [1.82, 2.24) is 19.8 Å². The van der Waals surface area contributed by atoms with Crippen LogP contribution in [0.15, 0.2) is 6.33 Å². The van der Waals surface area contributed by atoms with Gasteiger partial charge in [0.1, 0.15) is 6.33 Å². The SMILES string of the molecule is Cc1ncnc(C)c1C(=O)N1CC[C@@]23OC[C@@H](C(C)C)N2C(=O)C[C@@H]13. The Balaban J connectivity index is 1.68. The van der Waals surface area contributed by atoms with Crippen LogP contribution in [0.2, 0.25) is 0 Å². The maximum atomic E-state index is 13.2. The summed E-state index contributed by atoms with van der Waals surface area (Å²) < 4.78 is 6.19. The molecule has 0 radical (unpaired) electrons. The molecule has 1 aromatic heterocycles. The van der Waals surface area contributed by atoms with Crippen LogP contribution in [0.5, 0.6) is 0 Å². The van der Waals surface area contributed by atoms with E-state index in [-0.39, 0.29) is 23.9 Å². The van der Waals surface area contributed by atoms with E-state index in [2.05, 4.69) is 23.8 Å². The minimum atomic E-state index is -0.640. The Labute approximate surface area is 147 Å². The molecule has 3 saturated heterocycles. The van der Waals surface area contributed by atoms with E-state index in [1.165, 1.54) is 6.33 Å². The molecule has 4 rings (SSSR count). The smallest absolute Gasteiger partial charge is 0.257 e. The molecule has 7 nitrogen and oxygen atoms in total. The largest absolute Gasteiger partial charge is 0.351 e. The molecule has 0 bridgehead atoms. The third kappa shape index (κ3) is 2.14. The topological polar surface area (TPSA) is 75.6 Å². The van der Waals surface area contributed by atoms with Crippen molar-refractivity contribution in [2.45, 2.75) is 58.3 Å². The Bertz CT molecular complexity index is 730. The van der Waals surface area contributed by atoms with Crippen LogP contribution < -0.4 is 0 Å². The molecule has 134 valence electrons. The van der Waals surface area contributed by atoms with Gasteiger partial charge in [0, 0.05) is 13.0 Å². The van der Waals surface area contributed by atoms with Gasteiger partial charge in [0.15, 0.2) is 5.72 Å². The lowest BCUT2D eigenvalue weighted by atomic mass is 10.0. The lowest BCUT2D eigenvalue weighted by Gasteiger charge is -2.34. The highest BCUT2D eigenvalue weighted by Crippen LogP contribution is 2.49. The quantitative estimate of drug-likeness (QED) is 0.808. The van der Waals surface area contributed by atoms with Crippen LogP contribution in [-0.2, 0) is 9.53 Å². The molecule has 0 aliphatic carbocycles. The molecule has 1 spiro atoms. The fourth-order valence-corrected chi connectivity index (χ4v) is 4.66. The number of rotatable bonds is 2. The zero-order chi connectivity index (χ0) is 17.9. The van der Waals surface area contributed by atoms with Gasteiger partial charge >= 0.3 is 0 Å². The van der Waals surface area contributed by atoms with Crippen LogP contribution in [0.3, 0.4) is 0 Å². The molecule has 3 aliphatic heterocycles. The van der Waals surface area contributed by atoms with E-state index >= 15 is 0 Å². The molecule has 7 heteroatoms. The van der Waals surface area contributed by atoms with Crippen LogP contribution >= 0.6 is 0 Å². The molecule has 4 heterocycles. The van der Waals surface area contributed by atoms with Gasteiger partial charge in [0.05, 0.1) is 42.1 Å². The normalized spacial score (nSPS) is 31.0. The van der Waals surface area contributed by atoms with E-state index in [1.807, 2.05) is 18.7 Å². The number of carbonyl (C=O) groups excluding carboxylic acids is 2. The number of ether oxygens (including phenoxy) is 1. The van der Waals surface area contributed by atoms with Gasteiger partial charge in [-0.15, -0.1) is 0 Å². The third-order valence-corrected chi connectivity index (χ3v) is 5.96. The predicted molar refractivity (Wildman–Crippen MR) is 89.7 cm³/mol. The van der Waals surface area contributed by atoms with E-state index in [4.69, 9.17) is 4.74 Å². The second-order valence-electron chi connectivity index (χ2n) is 7.62. The van der Waals surface area contributed by atoms with E-state index in [1.54, 1.807) is 4.90 Å². The molecule has 3 atom stereocenters. The Hall–Kier alpha value is -2.02. The van der Waals surface area contributed by atoms with Crippen molar-refractivity contribution in [2.24, 2.45) is 5.92 Å². The standard InChI is InChI=1S/C18H24N4O3/c1-10(2)13-8-25-18-5-6-21(14(18)7-15(23)22(13)18)17(24)16-11(3)19-9-20-12(16)4/h9-10,13-14H,5-8H2,1-4H3/t13-,14+,18-/m0/s1. The zero-order valence-electron chi connectivity index (χ0n) is 15.2. The molecular formula is C18H24N4O3. The fraction of sp³-hybridized carbons (Fsp3) is 0.667. The fourth-order valence-electron chi connectivity index (χ4n) is 4.66. The summed E-state index contributed by atoms with van der Waals surface area (Å²) in [4.78, 5) is 38.0. The Morgan fingerprint density at radius 3 is 2.64 bits per heavy atom. The van der Waals surface area contributed by atoms with Crippen molar-refractivity contribution in [3.8, 4) is 0 Å².